The van der Waals surface area contributed by atoms with Crippen LogP contribution in [0.3, 0.4) is 0 Å². The van der Waals surface area contributed by atoms with Crippen LogP contribution in [0, 0.1) is 10.1 Å². The molecular formula is C13H16ClN3O4. The lowest BCUT2D eigenvalue weighted by Crippen LogP contribution is -2.20. The molecule has 0 unspecified atom stereocenters. The first kappa shape index (κ1) is 15.2. The average molecular weight is 314 g/mol. The minimum absolute atomic E-state index is 0.443. The van der Waals surface area contributed by atoms with Crippen LogP contribution in [0.2, 0.25) is 5.02 Å². The zero-order chi connectivity index (χ0) is 15.4. The lowest BCUT2D eigenvalue weighted by molar-refractivity contribution is -0.404. The summed E-state index contributed by atoms with van der Waals surface area (Å²) >= 11 is 6.16. The highest BCUT2D eigenvalue weighted by atomic mass is 35.5. The molecule has 1 N–H and O–H groups in total. The standard InChI is InChI=1S/C13H16ClN3O4/c1-20-11-6-9(5-10(14)13(11)21-2)7-16-4-3-15-12(16)8-17(18)19/h5-6,8,15H,3-4,7H2,1-2H3/b12-8+. The summed E-state index contributed by atoms with van der Waals surface area (Å²) in [7, 11) is 3.05. The van der Waals surface area contributed by atoms with Gasteiger partial charge in [-0.2, -0.15) is 0 Å². The summed E-state index contributed by atoms with van der Waals surface area (Å²) in [6.07, 6.45) is 0.968. The fraction of sp³-hybridized carbons (Fsp3) is 0.385. The molecule has 1 aliphatic heterocycles. The van der Waals surface area contributed by atoms with Crippen LogP contribution >= 0.6 is 11.6 Å². The molecule has 0 amide bonds. The van der Waals surface area contributed by atoms with E-state index in [0.717, 1.165) is 11.8 Å². The van der Waals surface area contributed by atoms with E-state index in [2.05, 4.69) is 5.32 Å². The summed E-state index contributed by atoms with van der Waals surface area (Å²) in [4.78, 5) is 12.0. The Labute approximate surface area is 127 Å². The van der Waals surface area contributed by atoms with Gasteiger partial charge in [0.25, 0.3) is 6.20 Å². The molecule has 114 valence electrons. The molecule has 0 spiro atoms. The predicted octanol–water partition coefficient (Wildman–Crippen LogP) is 1.84. The SMILES string of the molecule is COc1cc(CN2CCN/C2=C\[N+](=O)[O-])cc(Cl)c1OC. The maximum atomic E-state index is 10.6. The van der Waals surface area contributed by atoms with Crippen LogP contribution in [0.1, 0.15) is 5.56 Å². The summed E-state index contributed by atoms with van der Waals surface area (Å²) in [5.74, 6) is 1.50. The highest BCUT2D eigenvalue weighted by Crippen LogP contribution is 2.36. The molecule has 7 nitrogen and oxygen atoms in total. The summed E-state index contributed by atoms with van der Waals surface area (Å²) in [6, 6.07) is 3.58. The lowest BCUT2D eigenvalue weighted by atomic mass is 10.2. The molecule has 0 saturated carbocycles. The van der Waals surface area contributed by atoms with Crippen LogP contribution in [0.25, 0.3) is 0 Å². The smallest absolute Gasteiger partial charge is 0.274 e. The van der Waals surface area contributed by atoms with E-state index in [9.17, 15) is 10.1 Å². The number of halogens is 1. The van der Waals surface area contributed by atoms with Gasteiger partial charge in [0.05, 0.1) is 24.2 Å². The van der Waals surface area contributed by atoms with Gasteiger partial charge in [0, 0.05) is 19.6 Å². The van der Waals surface area contributed by atoms with Crippen molar-refractivity contribution < 1.29 is 14.4 Å². The van der Waals surface area contributed by atoms with Gasteiger partial charge in [-0.25, -0.2) is 0 Å². The Kier molecular flexibility index (Phi) is 4.74. The highest BCUT2D eigenvalue weighted by Gasteiger charge is 2.21. The van der Waals surface area contributed by atoms with E-state index in [1.54, 1.807) is 6.07 Å². The number of rotatable bonds is 5. The topological polar surface area (TPSA) is 76.9 Å². The number of hydrogen-bond acceptors (Lipinski definition) is 6. The first-order valence-corrected chi connectivity index (χ1v) is 6.67. The van der Waals surface area contributed by atoms with Crippen molar-refractivity contribution in [2.45, 2.75) is 6.54 Å². The summed E-state index contributed by atoms with van der Waals surface area (Å²) < 4.78 is 10.4. The van der Waals surface area contributed by atoms with Gasteiger partial charge in [0.2, 0.25) is 0 Å². The van der Waals surface area contributed by atoms with E-state index in [1.165, 1.54) is 14.2 Å². The molecule has 0 aromatic heterocycles. The minimum Gasteiger partial charge on any atom is -0.493 e. The third-order valence-corrected chi connectivity index (χ3v) is 3.40. The van der Waals surface area contributed by atoms with Gasteiger partial charge in [-0.3, -0.25) is 10.1 Å². The van der Waals surface area contributed by atoms with Crippen LogP contribution in [-0.4, -0.2) is 37.1 Å². The van der Waals surface area contributed by atoms with Crippen LogP contribution in [0.4, 0.5) is 0 Å². The molecule has 0 bridgehead atoms. The van der Waals surface area contributed by atoms with Crippen molar-refractivity contribution in [1.29, 1.82) is 0 Å². The first-order valence-electron chi connectivity index (χ1n) is 6.29. The van der Waals surface area contributed by atoms with Crippen molar-refractivity contribution in [3.05, 3.63) is 44.9 Å². The second-order valence-electron chi connectivity index (χ2n) is 4.46. The third kappa shape index (κ3) is 3.49. The molecular weight excluding hydrogens is 298 g/mol. The van der Waals surface area contributed by atoms with Crippen LogP contribution in [0.5, 0.6) is 11.5 Å². The van der Waals surface area contributed by atoms with E-state index in [-0.39, 0.29) is 0 Å². The van der Waals surface area contributed by atoms with Gasteiger partial charge in [-0.15, -0.1) is 0 Å². The van der Waals surface area contributed by atoms with Gasteiger partial charge in [-0.05, 0) is 17.7 Å². The van der Waals surface area contributed by atoms with Gasteiger partial charge >= 0.3 is 0 Å². The normalized spacial score (nSPS) is 16.0. The number of nitro groups is 1. The maximum Gasteiger partial charge on any atom is 0.274 e. The number of hydrogen-bond donors (Lipinski definition) is 1. The largest absolute Gasteiger partial charge is 0.493 e. The quantitative estimate of drug-likeness (QED) is 0.660. The molecule has 1 fully saturated rings. The zero-order valence-corrected chi connectivity index (χ0v) is 12.5. The van der Waals surface area contributed by atoms with Gasteiger partial charge < -0.3 is 19.7 Å². The predicted molar refractivity (Wildman–Crippen MR) is 78.0 cm³/mol. The van der Waals surface area contributed by atoms with E-state index in [4.69, 9.17) is 21.1 Å². The number of ether oxygens (including phenoxy) is 2. The Morgan fingerprint density at radius 1 is 1.48 bits per heavy atom. The molecule has 1 aromatic rings. The van der Waals surface area contributed by atoms with Gasteiger partial charge in [0.1, 0.15) is 0 Å². The second-order valence-corrected chi connectivity index (χ2v) is 4.87. The van der Waals surface area contributed by atoms with Crippen LogP contribution < -0.4 is 14.8 Å². The Bertz CT molecular complexity index is 577. The third-order valence-electron chi connectivity index (χ3n) is 3.12. The molecule has 2 rings (SSSR count). The van der Waals surface area contributed by atoms with Crippen LogP contribution in [-0.2, 0) is 6.54 Å². The van der Waals surface area contributed by atoms with E-state index in [1.807, 2.05) is 11.0 Å². The van der Waals surface area contributed by atoms with Crippen molar-refractivity contribution in [1.82, 2.24) is 10.2 Å². The van der Waals surface area contributed by atoms with Crippen molar-refractivity contribution >= 4 is 11.6 Å². The van der Waals surface area contributed by atoms with Gasteiger partial charge in [0.15, 0.2) is 17.3 Å². The molecule has 1 aromatic carbocycles. The second kappa shape index (κ2) is 6.53. The summed E-state index contributed by atoms with van der Waals surface area (Å²) in [6.45, 7) is 1.85. The number of nitrogens with one attached hydrogen (secondary N) is 1. The molecule has 8 heteroatoms. The summed E-state index contributed by atoms with van der Waals surface area (Å²) in [5, 5.41) is 14.0. The maximum absolute atomic E-state index is 10.6. The van der Waals surface area contributed by atoms with E-state index in [0.29, 0.717) is 42.0 Å². The number of nitrogens with zero attached hydrogens (tertiary/aromatic N) is 2. The number of methoxy groups -OCH3 is 2. The number of benzene rings is 1. The molecule has 0 radical (unpaired) electrons. The Morgan fingerprint density at radius 2 is 2.24 bits per heavy atom. The molecule has 1 saturated heterocycles. The Morgan fingerprint density at radius 3 is 2.86 bits per heavy atom. The van der Waals surface area contributed by atoms with Crippen molar-refractivity contribution in [2.75, 3.05) is 27.3 Å². The van der Waals surface area contributed by atoms with E-state index < -0.39 is 4.92 Å². The lowest BCUT2D eigenvalue weighted by Gasteiger charge is -2.18. The molecule has 1 heterocycles. The fourth-order valence-corrected chi connectivity index (χ4v) is 2.54. The molecule has 1 aliphatic rings. The molecule has 0 aliphatic carbocycles. The van der Waals surface area contributed by atoms with Crippen LogP contribution in [0.15, 0.2) is 24.2 Å². The van der Waals surface area contributed by atoms with Crippen molar-refractivity contribution in [3.63, 3.8) is 0 Å². The van der Waals surface area contributed by atoms with Crippen molar-refractivity contribution in [3.8, 4) is 11.5 Å². The highest BCUT2D eigenvalue weighted by molar-refractivity contribution is 6.32. The average Bonchev–Trinajstić information content (AvgIpc) is 2.84. The molecule has 21 heavy (non-hydrogen) atoms. The van der Waals surface area contributed by atoms with Crippen molar-refractivity contribution in [2.24, 2.45) is 0 Å². The zero-order valence-electron chi connectivity index (χ0n) is 11.8. The molecule has 0 atom stereocenters. The fourth-order valence-electron chi connectivity index (χ4n) is 2.23. The van der Waals surface area contributed by atoms with E-state index >= 15 is 0 Å². The Hall–Kier alpha value is -2.15. The minimum atomic E-state index is -0.470. The first-order chi connectivity index (χ1) is 10.0. The monoisotopic (exact) mass is 313 g/mol. The van der Waals surface area contributed by atoms with Gasteiger partial charge in [-0.1, -0.05) is 11.6 Å². The summed E-state index contributed by atoms with van der Waals surface area (Å²) in [5.41, 5.74) is 0.885. The Balaban J connectivity index is 2.23.